The third-order valence-corrected chi connectivity index (χ3v) is 4.00. The van der Waals surface area contributed by atoms with E-state index in [1.807, 2.05) is 12.1 Å². The van der Waals surface area contributed by atoms with Gasteiger partial charge in [0.05, 0.1) is 4.92 Å². The molecule has 0 unspecified atom stereocenters. The first-order valence-corrected chi connectivity index (χ1v) is 8.45. The Kier molecular flexibility index (Phi) is 6.87. The van der Waals surface area contributed by atoms with Crippen molar-refractivity contribution in [2.45, 2.75) is 19.9 Å². The maximum Gasteiger partial charge on any atom is 0.292 e. The first kappa shape index (κ1) is 19.9. The number of para-hydroxylation sites is 3. The SMILES string of the molecule is CC(=O)N(C)Cc1ccccc1NC(=O)CCNc1ccccc1[N+](=O)[O-]. The number of hydrogen-bond donors (Lipinski definition) is 2. The first-order valence-electron chi connectivity index (χ1n) is 8.45. The molecule has 0 heterocycles. The zero-order valence-corrected chi connectivity index (χ0v) is 15.3. The Morgan fingerprint density at radius 2 is 1.70 bits per heavy atom. The van der Waals surface area contributed by atoms with E-state index >= 15 is 0 Å². The number of carbonyl (C=O) groups is 2. The van der Waals surface area contributed by atoms with E-state index in [2.05, 4.69) is 10.6 Å². The molecule has 2 N–H and O–H groups in total. The van der Waals surface area contributed by atoms with Gasteiger partial charge in [-0.05, 0) is 17.7 Å². The van der Waals surface area contributed by atoms with Crippen molar-refractivity contribution in [3.05, 3.63) is 64.2 Å². The molecule has 0 radical (unpaired) electrons. The third kappa shape index (κ3) is 5.81. The molecule has 0 aliphatic carbocycles. The van der Waals surface area contributed by atoms with E-state index in [-0.39, 0.29) is 30.5 Å². The molecule has 0 aromatic heterocycles. The highest BCUT2D eigenvalue weighted by atomic mass is 16.6. The molecule has 8 heteroatoms. The van der Waals surface area contributed by atoms with Crippen molar-refractivity contribution in [3.8, 4) is 0 Å². The van der Waals surface area contributed by atoms with Gasteiger partial charge in [0.15, 0.2) is 0 Å². The highest BCUT2D eigenvalue weighted by Crippen LogP contribution is 2.23. The van der Waals surface area contributed by atoms with Crippen LogP contribution in [0.1, 0.15) is 18.9 Å². The van der Waals surface area contributed by atoms with Gasteiger partial charge in [-0.2, -0.15) is 0 Å². The highest BCUT2D eigenvalue weighted by molar-refractivity contribution is 5.92. The van der Waals surface area contributed by atoms with Crippen LogP contribution in [0, 0.1) is 10.1 Å². The fraction of sp³-hybridized carbons (Fsp3) is 0.263. The number of nitrogens with zero attached hydrogens (tertiary/aromatic N) is 2. The fourth-order valence-electron chi connectivity index (χ4n) is 2.45. The molecule has 0 spiro atoms. The van der Waals surface area contributed by atoms with Gasteiger partial charge in [-0.3, -0.25) is 19.7 Å². The predicted octanol–water partition coefficient (Wildman–Crippen LogP) is 3.01. The Morgan fingerprint density at radius 1 is 1.07 bits per heavy atom. The number of amides is 2. The number of carbonyl (C=O) groups excluding carboxylic acids is 2. The van der Waals surface area contributed by atoms with Gasteiger partial charge >= 0.3 is 0 Å². The molecule has 0 fully saturated rings. The van der Waals surface area contributed by atoms with E-state index in [9.17, 15) is 19.7 Å². The zero-order valence-electron chi connectivity index (χ0n) is 15.3. The standard InChI is InChI=1S/C19H22N4O4/c1-14(24)22(2)13-15-7-3-4-8-16(15)21-19(25)11-12-20-17-9-5-6-10-18(17)23(26)27/h3-10,20H,11-13H2,1-2H3,(H,21,25). The van der Waals surface area contributed by atoms with Crippen LogP contribution in [-0.2, 0) is 16.1 Å². The normalized spacial score (nSPS) is 10.1. The van der Waals surface area contributed by atoms with E-state index in [0.29, 0.717) is 17.9 Å². The summed E-state index contributed by atoms with van der Waals surface area (Å²) in [5, 5.41) is 16.7. The summed E-state index contributed by atoms with van der Waals surface area (Å²) < 4.78 is 0. The topological polar surface area (TPSA) is 105 Å². The fourth-order valence-corrected chi connectivity index (χ4v) is 2.45. The minimum absolute atomic E-state index is 0.0319. The molecule has 2 rings (SSSR count). The molecule has 2 amide bonds. The van der Waals surface area contributed by atoms with Crippen LogP contribution in [0.5, 0.6) is 0 Å². The lowest BCUT2D eigenvalue weighted by molar-refractivity contribution is -0.384. The van der Waals surface area contributed by atoms with Gasteiger partial charge in [0.25, 0.3) is 5.69 Å². The van der Waals surface area contributed by atoms with E-state index < -0.39 is 4.92 Å². The molecule has 8 nitrogen and oxygen atoms in total. The number of hydrogen-bond acceptors (Lipinski definition) is 5. The van der Waals surface area contributed by atoms with Crippen molar-refractivity contribution in [1.82, 2.24) is 4.90 Å². The average Bonchev–Trinajstić information content (AvgIpc) is 2.63. The summed E-state index contributed by atoms with van der Waals surface area (Å²) in [7, 11) is 1.69. The molecule has 0 saturated carbocycles. The lowest BCUT2D eigenvalue weighted by atomic mass is 10.1. The number of rotatable bonds is 8. The third-order valence-electron chi connectivity index (χ3n) is 4.00. The average molecular weight is 370 g/mol. The molecule has 2 aromatic rings. The lowest BCUT2D eigenvalue weighted by Crippen LogP contribution is -2.24. The van der Waals surface area contributed by atoms with Crippen LogP contribution in [0.2, 0.25) is 0 Å². The lowest BCUT2D eigenvalue weighted by Gasteiger charge is -2.18. The van der Waals surface area contributed by atoms with Crippen LogP contribution >= 0.6 is 0 Å². The van der Waals surface area contributed by atoms with Crippen molar-refractivity contribution >= 4 is 28.9 Å². The van der Waals surface area contributed by atoms with Crippen LogP contribution in [0.4, 0.5) is 17.1 Å². The van der Waals surface area contributed by atoms with Gasteiger partial charge in [0.1, 0.15) is 5.69 Å². The Balaban J connectivity index is 1.93. The monoisotopic (exact) mass is 370 g/mol. The Bertz CT molecular complexity index is 838. The molecule has 0 aliphatic rings. The first-order chi connectivity index (χ1) is 12.9. The van der Waals surface area contributed by atoms with Gasteiger partial charge in [-0.25, -0.2) is 0 Å². The molecule has 0 bridgehead atoms. The maximum atomic E-state index is 12.2. The Morgan fingerprint density at radius 3 is 2.37 bits per heavy atom. The minimum Gasteiger partial charge on any atom is -0.379 e. The molecule has 0 saturated heterocycles. The summed E-state index contributed by atoms with van der Waals surface area (Å²) in [5.41, 5.74) is 1.81. The van der Waals surface area contributed by atoms with Crippen LogP contribution in [-0.4, -0.2) is 35.2 Å². The smallest absolute Gasteiger partial charge is 0.292 e. The van der Waals surface area contributed by atoms with Crippen LogP contribution in [0.3, 0.4) is 0 Å². The van der Waals surface area contributed by atoms with E-state index in [1.54, 1.807) is 42.3 Å². The summed E-state index contributed by atoms with van der Waals surface area (Å²) in [6.45, 7) is 2.13. The molecule has 0 atom stereocenters. The predicted molar refractivity (Wildman–Crippen MR) is 103 cm³/mol. The Labute approximate surface area is 157 Å². The summed E-state index contributed by atoms with van der Waals surface area (Å²) in [6.07, 6.45) is 0.142. The molecule has 0 aliphatic heterocycles. The maximum absolute atomic E-state index is 12.2. The second-order valence-corrected chi connectivity index (χ2v) is 6.03. The molecule has 142 valence electrons. The highest BCUT2D eigenvalue weighted by Gasteiger charge is 2.13. The zero-order chi connectivity index (χ0) is 19.8. The van der Waals surface area contributed by atoms with Crippen LogP contribution < -0.4 is 10.6 Å². The van der Waals surface area contributed by atoms with Gasteiger partial charge in [-0.1, -0.05) is 30.3 Å². The van der Waals surface area contributed by atoms with Crippen LogP contribution in [0.25, 0.3) is 0 Å². The number of anilines is 2. The number of benzene rings is 2. The van der Waals surface area contributed by atoms with Crippen LogP contribution in [0.15, 0.2) is 48.5 Å². The molecule has 27 heavy (non-hydrogen) atoms. The molecular weight excluding hydrogens is 348 g/mol. The quantitative estimate of drug-likeness (QED) is 0.549. The number of nitro benzene ring substituents is 1. The van der Waals surface area contributed by atoms with E-state index in [1.165, 1.54) is 13.0 Å². The Hall–Kier alpha value is -3.42. The van der Waals surface area contributed by atoms with Crippen molar-refractivity contribution in [1.29, 1.82) is 0 Å². The number of nitro groups is 1. The molecule has 2 aromatic carbocycles. The largest absolute Gasteiger partial charge is 0.379 e. The number of nitrogens with one attached hydrogen (secondary N) is 2. The van der Waals surface area contributed by atoms with Gasteiger partial charge < -0.3 is 15.5 Å². The van der Waals surface area contributed by atoms with Crippen molar-refractivity contribution < 1.29 is 14.5 Å². The second-order valence-electron chi connectivity index (χ2n) is 6.03. The summed E-state index contributed by atoms with van der Waals surface area (Å²) in [6, 6.07) is 13.6. The van der Waals surface area contributed by atoms with Crippen molar-refractivity contribution in [3.63, 3.8) is 0 Å². The summed E-state index contributed by atoms with van der Waals surface area (Å²) >= 11 is 0. The van der Waals surface area contributed by atoms with Crippen molar-refractivity contribution in [2.75, 3.05) is 24.2 Å². The summed E-state index contributed by atoms with van der Waals surface area (Å²) in [4.78, 5) is 35.7. The van der Waals surface area contributed by atoms with Gasteiger partial charge in [0.2, 0.25) is 11.8 Å². The minimum atomic E-state index is -0.468. The molecular formula is C19H22N4O4. The van der Waals surface area contributed by atoms with Gasteiger partial charge in [0, 0.05) is 45.2 Å². The van der Waals surface area contributed by atoms with E-state index in [0.717, 1.165) is 5.56 Å². The van der Waals surface area contributed by atoms with E-state index in [4.69, 9.17) is 0 Å². The van der Waals surface area contributed by atoms with Gasteiger partial charge in [-0.15, -0.1) is 0 Å². The van der Waals surface area contributed by atoms with Crippen molar-refractivity contribution in [2.24, 2.45) is 0 Å². The summed E-state index contributed by atoms with van der Waals surface area (Å²) in [5.74, 6) is -0.288. The second kappa shape index (κ2) is 9.33.